The van der Waals surface area contributed by atoms with Gasteiger partial charge in [-0.15, -0.1) is 0 Å². The largest absolute Gasteiger partial charge is 0.384 e. The number of hydrogen-bond donors (Lipinski definition) is 2. The number of nitrogens with two attached hydrogens (primary N) is 1. The maximum Gasteiger partial charge on any atom is 0.290 e. The third-order valence-electron chi connectivity index (χ3n) is 1.63. The monoisotopic (exact) mass is 175 g/mol. The van der Waals surface area contributed by atoms with Crippen LogP contribution < -0.4 is 11.3 Å². The van der Waals surface area contributed by atoms with Gasteiger partial charge < -0.3 is 5.73 Å². The molecule has 0 saturated carbocycles. The molecule has 13 heavy (non-hydrogen) atoms. The highest BCUT2D eigenvalue weighted by molar-refractivity contribution is 5.48. The topological polar surface area (TPSA) is 100.0 Å². The van der Waals surface area contributed by atoms with Gasteiger partial charge >= 0.3 is 0 Å². The minimum absolute atomic E-state index is 0.0145. The molecular weight excluding hydrogens is 170 g/mol. The van der Waals surface area contributed by atoms with Crippen LogP contribution in [-0.2, 0) is 0 Å². The fourth-order valence-electron chi connectivity index (χ4n) is 1.06. The molecule has 0 amide bonds. The number of anilines is 1. The Balaban J connectivity index is 2.96. The fraction of sp³-hybridized carbons (Fsp3) is 0. The minimum Gasteiger partial charge on any atom is -0.384 e. The summed E-state index contributed by atoms with van der Waals surface area (Å²) in [5.74, 6) is 0.333. The summed E-state index contributed by atoms with van der Waals surface area (Å²) in [4.78, 5) is 15.2. The molecular formula is C7H5N5O. The van der Waals surface area contributed by atoms with Gasteiger partial charge in [0.05, 0.1) is 6.20 Å². The Hall–Kier alpha value is -2.29. The number of H-pyrrole nitrogens is 1. The average molecular weight is 175 g/mol. The average Bonchev–Trinajstić information content (AvgIpc) is 2.47. The van der Waals surface area contributed by atoms with E-state index in [-0.39, 0.29) is 5.56 Å². The van der Waals surface area contributed by atoms with Crippen molar-refractivity contribution in [2.75, 3.05) is 5.73 Å². The summed E-state index contributed by atoms with van der Waals surface area (Å²) in [6.07, 6.45) is 1.23. The first kappa shape index (κ1) is 7.36. The van der Waals surface area contributed by atoms with Gasteiger partial charge in [0.15, 0.2) is 5.65 Å². The van der Waals surface area contributed by atoms with E-state index >= 15 is 0 Å². The molecule has 0 atom stereocenters. The van der Waals surface area contributed by atoms with E-state index in [0.717, 1.165) is 4.52 Å². The molecule has 0 unspecified atom stereocenters. The lowest BCUT2D eigenvalue weighted by Gasteiger charge is -1.90. The zero-order valence-corrected chi connectivity index (χ0v) is 6.48. The van der Waals surface area contributed by atoms with Gasteiger partial charge in [0, 0.05) is 6.07 Å². The van der Waals surface area contributed by atoms with E-state index in [9.17, 15) is 4.79 Å². The van der Waals surface area contributed by atoms with Crippen molar-refractivity contribution in [2.45, 2.75) is 0 Å². The molecule has 0 bridgehead atoms. The molecule has 0 aliphatic carbocycles. The molecule has 6 nitrogen and oxygen atoms in total. The Bertz CT molecular complexity index is 558. The Morgan fingerprint density at radius 3 is 3.15 bits per heavy atom. The molecule has 6 heteroatoms. The second-order valence-corrected chi connectivity index (χ2v) is 2.49. The van der Waals surface area contributed by atoms with Crippen molar-refractivity contribution in [1.82, 2.24) is 14.6 Å². The lowest BCUT2D eigenvalue weighted by Crippen LogP contribution is -2.17. The van der Waals surface area contributed by atoms with Gasteiger partial charge in [-0.25, -0.2) is 4.98 Å². The first-order valence-corrected chi connectivity index (χ1v) is 3.49. The molecule has 2 heterocycles. The smallest absolute Gasteiger partial charge is 0.290 e. The number of nitrogens with zero attached hydrogens (tertiary/aromatic N) is 3. The number of hydrogen-bond acceptors (Lipinski definition) is 4. The summed E-state index contributed by atoms with van der Waals surface area (Å²) in [5.41, 5.74) is 5.36. The summed E-state index contributed by atoms with van der Waals surface area (Å²) in [7, 11) is 0. The Kier molecular flexibility index (Phi) is 1.33. The molecule has 64 valence electrons. The summed E-state index contributed by atoms with van der Waals surface area (Å²) in [6.45, 7) is 0. The van der Waals surface area contributed by atoms with Crippen LogP contribution in [0, 0.1) is 11.3 Å². The van der Waals surface area contributed by atoms with Crippen LogP contribution in [0.2, 0.25) is 0 Å². The molecule has 0 aliphatic rings. The van der Waals surface area contributed by atoms with Crippen molar-refractivity contribution in [1.29, 1.82) is 5.26 Å². The molecule has 0 aliphatic heterocycles. The van der Waals surface area contributed by atoms with Crippen LogP contribution in [-0.4, -0.2) is 14.6 Å². The van der Waals surface area contributed by atoms with E-state index in [1.54, 1.807) is 6.07 Å². The highest BCUT2D eigenvalue weighted by Crippen LogP contribution is 2.01. The lowest BCUT2D eigenvalue weighted by molar-refractivity contribution is 0.898. The SMILES string of the molecule is N#Cc1cnc2cc(N)[nH]n2c1=O. The second kappa shape index (κ2) is 2.35. The molecule has 0 aromatic carbocycles. The van der Waals surface area contributed by atoms with E-state index in [1.165, 1.54) is 12.3 Å². The van der Waals surface area contributed by atoms with Crippen molar-refractivity contribution < 1.29 is 0 Å². The van der Waals surface area contributed by atoms with Crippen LogP contribution >= 0.6 is 0 Å². The number of rotatable bonds is 0. The first-order valence-electron chi connectivity index (χ1n) is 3.49. The van der Waals surface area contributed by atoms with Crippen molar-refractivity contribution in [3.05, 3.63) is 28.2 Å². The van der Waals surface area contributed by atoms with Crippen LogP contribution in [0.15, 0.2) is 17.1 Å². The first-order chi connectivity index (χ1) is 6.22. The van der Waals surface area contributed by atoms with E-state index in [2.05, 4.69) is 10.1 Å². The highest BCUT2D eigenvalue weighted by atomic mass is 16.1. The number of nitriles is 1. The molecule has 3 N–H and O–H groups in total. The Morgan fingerprint density at radius 2 is 2.46 bits per heavy atom. The maximum atomic E-state index is 11.4. The number of nitrogen functional groups attached to an aromatic ring is 1. The second-order valence-electron chi connectivity index (χ2n) is 2.49. The standard InChI is InChI=1S/C7H5N5O/c8-2-4-3-10-6-1-5(9)11-12(6)7(4)13/h1,3,11H,9H2. The summed E-state index contributed by atoms with van der Waals surface area (Å²) >= 11 is 0. The maximum absolute atomic E-state index is 11.4. The van der Waals surface area contributed by atoms with Crippen LogP contribution in [0.1, 0.15) is 5.56 Å². The summed E-state index contributed by atoms with van der Waals surface area (Å²) in [5, 5.41) is 11.1. The van der Waals surface area contributed by atoms with Gasteiger partial charge in [-0.2, -0.15) is 9.78 Å². The Morgan fingerprint density at radius 1 is 1.69 bits per heavy atom. The van der Waals surface area contributed by atoms with Gasteiger partial charge in [-0.3, -0.25) is 9.89 Å². The molecule has 0 radical (unpaired) electrons. The van der Waals surface area contributed by atoms with E-state index in [4.69, 9.17) is 11.0 Å². The third-order valence-corrected chi connectivity index (χ3v) is 1.63. The number of nitrogens with one attached hydrogen (secondary N) is 1. The lowest BCUT2D eigenvalue weighted by atomic mass is 10.4. The Labute approximate surface area is 72.2 Å². The predicted octanol–water partition coefficient (Wildman–Crippen LogP) is -0.524. The van der Waals surface area contributed by atoms with Crippen molar-refractivity contribution in [2.24, 2.45) is 0 Å². The van der Waals surface area contributed by atoms with Crippen molar-refractivity contribution in [3.8, 4) is 6.07 Å². The van der Waals surface area contributed by atoms with Crippen LogP contribution in [0.3, 0.4) is 0 Å². The van der Waals surface area contributed by atoms with E-state index in [0.29, 0.717) is 11.5 Å². The zero-order chi connectivity index (χ0) is 9.42. The van der Waals surface area contributed by atoms with Crippen LogP contribution in [0.5, 0.6) is 0 Å². The molecule has 0 spiro atoms. The number of aromatic amines is 1. The normalized spacial score (nSPS) is 10.1. The molecule has 0 saturated heterocycles. The zero-order valence-electron chi connectivity index (χ0n) is 6.48. The molecule has 2 aromatic heterocycles. The van der Waals surface area contributed by atoms with Crippen molar-refractivity contribution in [3.63, 3.8) is 0 Å². The predicted molar refractivity (Wildman–Crippen MR) is 44.9 cm³/mol. The quantitative estimate of drug-likeness (QED) is 0.562. The van der Waals surface area contributed by atoms with E-state index < -0.39 is 5.56 Å². The minimum atomic E-state index is -0.441. The van der Waals surface area contributed by atoms with Gasteiger partial charge in [0.1, 0.15) is 17.5 Å². The fourth-order valence-corrected chi connectivity index (χ4v) is 1.06. The molecule has 2 aromatic rings. The number of aromatic nitrogens is 3. The summed E-state index contributed by atoms with van der Waals surface area (Å²) < 4.78 is 1.13. The third kappa shape index (κ3) is 0.945. The van der Waals surface area contributed by atoms with Crippen LogP contribution in [0.4, 0.5) is 5.82 Å². The van der Waals surface area contributed by atoms with Gasteiger partial charge in [0.2, 0.25) is 0 Å². The van der Waals surface area contributed by atoms with Gasteiger partial charge in [0.25, 0.3) is 5.56 Å². The highest BCUT2D eigenvalue weighted by Gasteiger charge is 2.05. The summed E-state index contributed by atoms with van der Waals surface area (Å²) in [6, 6.07) is 3.26. The molecule has 0 fully saturated rings. The van der Waals surface area contributed by atoms with E-state index in [1.807, 2.05) is 0 Å². The number of fused-ring (bicyclic) bond motifs is 1. The van der Waals surface area contributed by atoms with Gasteiger partial charge in [-0.05, 0) is 0 Å². The molecule has 2 rings (SSSR count). The van der Waals surface area contributed by atoms with Crippen molar-refractivity contribution >= 4 is 11.5 Å². The van der Waals surface area contributed by atoms with Gasteiger partial charge in [-0.1, -0.05) is 0 Å². The van der Waals surface area contributed by atoms with Crippen LogP contribution in [0.25, 0.3) is 5.65 Å².